The standard InChI is InChI=1S/C21H24N4O2S/c1-13-15(7-6-8-16(13)22-20(27)21(2,3)4)19(26)25(5)12-14-9-10-17-18(11-14)24-28-23-17/h6-11H,12H2,1-5H3,(H,22,27). The number of amides is 2. The Bertz CT molecular complexity index is 1040. The van der Waals surface area contributed by atoms with E-state index in [0.717, 1.165) is 22.2 Å². The van der Waals surface area contributed by atoms with Gasteiger partial charge in [-0.1, -0.05) is 32.9 Å². The average molecular weight is 397 g/mol. The zero-order valence-electron chi connectivity index (χ0n) is 16.7. The number of carbonyl (C=O) groups excluding carboxylic acids is 2. The van der Waals surface area contributed by atoms with E-state index in [1.165, 1.54) is 11.7 Å². The highest BCUT2D eigenvalue weighted by Crippen LogP contribution is 2.24. The van der Waals surface area contributed by atoms with Gasteiger partial charge >= 0.3 is 0 Å². The lowest BCUT2D eigenvalue weighted by molar-refractivity contribution is -0.123. The zero-order chi connectivity index (χ0) is 20.5. The van der Waals surface area contributed by atoms with Gasteiger partial charge in [0.15, 0.2) is 0 Å². The predicted molar refractivity (Wildman–Crippen MR) is 112 cm³/mol. The van der Waals surface area contributed by atoms with Gasteiger partial charge in [0.05, 0.1) is 11.7 Å². The van der Waals surface area contributed by atoms with Gasteiger partial charge in [0, 0.05) is 30.3 Å². The summed E-state index contributed by atoms with van der Waals surface area (Å²) in [6, 6.07) is 11.2. The predicted octanol–water partition coefficient (Wildman–Crippen LogP) is 4.26. The molecule has 0 fully saturated rings. The number of fused-ring (bicyclic) bond motifs is 1. The van der Waals surface area contributed by atoms with Crippen molar-refractivity contribution in [1.29, 1.82) is 0 Å². The zero-order valence-corrected chi connectivity index (χ0v) is 17.6. The smallest absolute Gasteiger partial charge is 0.254 e. The maximum absolute atomic E-state index is 13.0. The molecule has 1 N–H and O–H groups in total. The van der Waals surface area contributed by atoms with Gasteiger partial charge in [0.2, 0.25) is 5.91 Å². The summed E-state index contributed by atoms with van der Waals surface area (Å²) in [5.74, 6) is -0.181. The van der Waals surface area contributed by atoms with Crippen LogP contribution in [0.5, 0.6) is 0 Å². The second kappa shape index (κ2) is 7.67. The van der Waals surface area contributed by atoms with Crippen molar-refractivity contribution >= 4 is 40.3 Å². The van der Waals surface area contributed by atoms with Crippen molar-refractivity contribution in [3.63, 3.8) is 0 Å². The summed E-state index contributed by atoms with van der Waals surface area (Å²) in [6.07, 6.45) is 0. The maximum Gasteiger partial charge on any atom is 0.254 e. The fraction of sp³-hybridized carbons (Fsp3) is 0.333. The van der Waals surface area contributed by atoms with E-state index in [1.807, 2.05) is 52.0 Å². The Labute approximate surface area is 168 Å². The molecule has 6 nitrogen and oxygen atoms in total. The third kappa shape index (κ3) is 4.20. The summed E-state index contributed by atoms with van der Waals surface area (Å²) in [4.78, 5) is 27.0. The molecule has 7 heteroatoms. The molecule has 146 valence electrons. The first-order valence-electron chi connectivity index (χ1n) is 9.04. The van der Waals surface area contributed by atoms with Crippen molar-refractivity contribution in [1.82, 2.24) is 13.6 Å². The van der Waals surface area contributed by atoms with Crippen molar-refractivity contribution in [3.8, 4) is 0 Å². The number of nitrogens with zero attached hydrogens (tertiary/aromatic N) is 3. The monoisotopic (exact) mass is 396 g/mol. The van der Waals surface area contributed by atoms with Crippen LogP contribution in [0.1, 0.15) is 42.3 Å². The highest BCUT2D eigenvalue weighted by atomic mass is 32.1. The Morgan fingerprint density at radius 3 is 2.54 bits per heavy atom. The molecule has 3 rings (SSSR count). The van der Waals surface area contributed by atoms with E-state index in [2.05, 4.69) is 14.1 Å². The maximum atomic E-state index is 13.0. The number of carbonyl (C=O) groups is 2. The van der Waals surface area contributed by atoms with E-state index < -0.39 is 5.41 Å². The van der Waals surface area contributed by atoms with Gasteiger partial charge in [-0.3, -0.25) is 9.59 Å². The Balaban J connectivity index is 1.79. The third-order valence-electron chi connectivity index (χ3n) is 4.58. The molecule has 3 aromatic rings. The molecule has 1 aromatic heterocycles. The van der Waals surface area contributed by atoms with E-state index in [9.17, 15) is 9.59 Å². The molecule has 0 saturated carbocycles. The molecule has 2 aromatic carbocycles. The van der Waals surface area contributed by atoms with E-state index >= 15 is 0 Å². The Morgan fingerprint density at radius 1 is 1.11 bits per heavy atom. The largest absolute Gasteiger partial charge is 0.337 e. The van der Waals surface area contributed by atoms with Gasteiger partial charge < -0.3 is 10.2 Å². The molecule has 2 amide bonds. The van der Waals surface area contributed by atoms with Gasteiger partial charge in [0.1, 0.15) is 11.0 Å². The minimum absolute atomic E-state index is 0.0845. The third-order valence-corrected chi connectivity index (χ3v) is 5.13. The van der Waals surface area contributed by atoms with Gasteiger partial charge in [-0.15, -0.1) is 0 Å². The van der Waals surface area contributed by atoms with Crippen LogP contribution in [0, 0.1) is 12.3 Å². The molecule has 0 bridgehead atoms. The molecule has 0 aliphatic heterocycles. The molecule has 28 heavy (non-hydrogen) atoms. The molecule has 0 atom stereocenters. The van der Waals surface area contributed by atoms with Crippen LogP contribution in [0.3, 0.4) is 0 Å². The molecule has 0 aliphatic carbocycles. The van der Waals surface area contributed by atoms with E-state index in [0.29, 0.717) is 17.8 Å². The normalized spacial score (nSPS) is 11.5. The quantitative estimate of drug-likeness (QED) is 0.715. The van der Waals surface area contributed by atoms with Gasteiger partial charge in [-0.2, -0.15) is 8.75 Å². The summed E-state index contributed by atoms with van der Waals surface area (Å²) in [7, 11) is 1.77. The number of hydrogen-bond acceptors (Lipinski definition) is 5. The molecule has 1 heterocycles. The minimum Gasteiger partial charge on any atom is -0.337 e. The number of aromatic nitrogens is 2. The fourth-order valence-corrected chi connectivity index (χ4v) is 3.31. The Morgan fingerprint density at radius 2 is 1.82 bits per heavy atom. The second-order valence-corrected chi connectivity index (χ2v) is 8.46. The molecule has 0 unspecified atom stereocenters. The number of rotatable bonds is 4. The summed E-state index contributed by atoms with van der Waals surface area (Å²) in [5, 5.41) is 2.93. The first-order valence-corrected chi connectivity index (χ1v) is 9.77. The average Bonchev–Trinajstić information content (AvgIpc) is 3.09. The summed E-state index contributed by atoms with van der Waals surface area (Å²) >= 11 is 1.18. The molecular formula is C21H24N4O2S. The molecule has 0 spiro atoms. The van der Waals surface area contributed by atoms with E-state index in [4.69, 9.17) is 0 Å². The van der Waals surface area contributed by atoms with E-state index in [1.54, 1.807) is 24.1 Å². The van der Waals surface area contributed by atoms with Crippen LogP contribution in [-0.4, -0.2) is 32.5 Å². The topological polar surface area (TPSA) is 75.2 Å². The van der Waals surface area contributed by atoms with Crippen LogP contribution in [0.15, 0.2) is 36.4 Å². The van der Waals surface area contributed by atoms with Crippen molar-refractivity contribution in [2.45, 2.75) is 34.2 Å². The van der Waals surface area contributed by atoms with Crippen LogP contribution in [0.25, 0.3) is 11.0 Å². The van der Waals surface area contributed by atoms with E-state index in [-0.39, 0.29) is 11.8 Å². The van der Waals surface area contributed by atoms with Crippen molar-refractivity contribution in [3.05, 3.63) is 53.1 Å². The van der Waals surface area contributed by atoms with Crippen LogP contribution >= 0.6 is 11.7 Å². The number of hydrogen-bond donors (Lipinski definition) is 1. The van der Waals surface area contributed by atoms with Crippen LogP contribution < -0.4 is 5.32 Å². The summed E-state index contributed by atoms with van der Waals surface area (Å²) in [6.45, 7) is 7.88. The molecular weight excluding hydrogens is 372 g/mol. The lowest BCUT2D eigenvalue weighted by Crippen LogP contribution is -2.29. The van der Waals surface area contributed by atoms with Gasteiger partial charge in [-0.05, 0) is 42.3 Å². The fourth-order valence-electron chi connectivity index (χ4n) is 2.79. The first-order chi connectivity index (χ1) is 13.2. The Hall–Kier alpha value is -2.80. The Kier molecular flexibility index (Phi) is 5.47. The van der Waals surface area contributed by atoms with Crippen molar-refractivity contribution in [2.75, 3.05) is 12.4 Å². The molecule has 0 saturated heterocycles. The lowest BCUT2D eigenvalue weighted by atomic mass is 9.95. The van der Waals surface area contributed by atoms with Gasteiger partial charge in [0.25, 0.3) is 5.91 Å². The number of benzene rings is 2. The molecule has 0 radical (unpaired) electrons. The number of anilines is 1. The highest BCUT2D eigenvalue weighted by Gasteiger charge is 2.23. The highest BCUT2D eigenvalue weighted by molar-refractivity contribution is 7.00. The van der Waals surface area contributed by atoms with Gasteiger partial charge in [-0.25, -0.2) is 0 Å². The van der Waals surface area contributed by atoms with Crippen LogP contribution in [-0.2, 0) is 11.3 Å². The summed E-state index contributed by atoms with van der Waals surface area (Å²) < 4.78 is 8.45. The number of nitrogens with one attached hydrogen (secondary N) is 1. The van der Waals surface area contributed by atoms with Crippen molar-refractivity contribution < 1.29 is 9.59 Å². The first kappa shape index (κ1) is 19.9. The molecule has 0 aliphatic rings. The van der Waals surface area contributed by atoms with Crippen LogP contribution in [0.2, 0.25) is 0 Å². The van der Waals surface area contributed by atoms with Crippen molar-refractivity contribution in [2.24, 2.45) is 5.41 Å². The minimum atomic E-state index is -0.508. The lowest BCUT2D eigenvalue weighted by Gasteiger charge is -2.22. The SMILES string of the molecule is Cc1c(NC(=O)C(C)(C)C)cccc1C(=O)N(C)Cc1ccc2nsnc2c1. The van der Waals surface area contributed by atoms with Crippen LogP contribution in [0.4, 0.5) is 5.69 Å². The second-order valence-electron chi connectivity index (χ2n) is 7.93. The summed E-state index contributed by atoms with van der Waals surface area (Å²) in [5.41, 5.74) is 4.18.